The van der Waals surface area contributed by atoms with Crippen LogP contribution >= 0.6 is 0 Å². The molecule has 6 nitrogen and oxygen atoms in total. The zero-order chi connectivity index (χ0) is 23.9. The summed E-state index contributed by atoms with van der Waals surface area (Å²) in [6, 6.07) is 15.7. The summed E-state index contributed by atoms with van der Waals surface area (Å²) in [6.07, 6.45) is 5.91. The molecule has 0 spiro atoms. The Bertz CT molecular complexity index is 907. The number of rotatable bonds is 6. The maximum absolute atomic E-state index is 11.4. The molecule has 0 aromatic heterocycles. The first-order chi connectivity index (χ1) is 16.5. The third-order valence-corrected chi connectivity index (χ3v) is 7.01. The summed E-state index contributed by atoms with van der Waals surface area (Å²) in [6.45, 7) is 6.90. The fraction of sp³-hybridized carbons (Fsp3) is 0.536. The smallest absolute Gasteiger partial charge is 0.221 e. The lowest BCUT2D eigenvalue weighted by Gasteiger charge is -2.43. The van der Waals surface area contributed by atoms with Crippen LogP contribution in [0, 0.1) is 5.92 Å². The second-order valence-corrected chi connectivity index (χ2v) is 9.69. The number of hydrogen-bond donors (Lipinski definition) is 2. The van der Waals surface area contributed by atoms with Gasteiger partial charge in [0.25, 0.3) is 0 Å². The summed E-state index contributed by atoms with van der Waals surface area (Å²) in [4.78, 5) is 13.9. The standard InChI is InChI=1S/C28H38N2O4/c1-20-26(18-30-16-6-4-3-5-7-17-30)33-28(24-12-14-25(15-13-24)29-21(2)32)34-27(20)23-10-8-22(19-31)9-11-23/h8-15,20,26-28,31H,3-7,16-19H2,1-2H3,(H,29,32)/t20-,26+,27+,28+/m0/s1. The molecule has 2 saturated heterocycles. The summed E-state index contributed by atoms with van der Waals surface area (Å²) in [5.74, 6) is 0.0896. The Hall–Kier alpha value is -2.25. The van der Waals surface area contributed by atoms with Gasteiger partial charge >= 0.3 is 0 Å². The van der Waals surface area contributed by atoms with Crippen molar-refractivity contribution in [3.8, 4) is 0 Å². The predicted molar refractivity (Wildman–Crippen MR) is 133 cm³/mol. The van der Waals surface area contributed by atoms with Gasteiger partial charge in [0.05, 0.1) is 18.8 Å². The monoisotopic (exact) mass is 466 g/mol. The van der Waals surface area contributed by atoms with E-state index in [1.807, 2.05) is 36.4 Å². The van der Waals surface area contributed by atoms with Crippen molar-refractivity contribution in [3.05, 3.63) is 65.2 Å². The minimum atomic E-state index is -0.482. The lowest BCUT2D eigenvalue weighted by atomic mass is 9.89. The summed E-state index contributed by atoms with van der Waals surface area (Å²) < 4.78 is 13.1. The molecule has 2 fully saturated rings. The molecule has 2 aromatic carbocycles. The van der Waals surface area contributed by atoms with Crippen LogP contribution in [0.25, 0.3) is 0 Å². The highest BCUT2D eigenvalue weighted by Crippen LogP contribution is 2.42. The highest BCUT2D eigenvalue weighted by molar-refractivity contribution is 5.88. The Balaban J connectivity index is 1.56. The van der Waals surface area contributed by atoms with Crippen LogP contribution in [0.2, 0.25) is 0 Å². The topological polar surface area (TPSA) is 71.0 Å². The molecule has 0 unspecified atom stereocenters. The van der Waals surface area contributed by atoms with E-state index in [4.69, 9.17) is 9.47 Å². The molecule has 6 heteroatoms. The highest BCUT2D eigenvalue weighted by Gasteiger charge is 2.39. The molecule has 2 aromatic rings. The number of aliphatic hydroxyl groups is 1. The van der Waals surface area contributed by atoms with E-state index in [2.05, 4.69) is 29.3 Å². The molecule has 2 heterocycles. The Morgan fingerprint density at radius 2 is 1.56 bits per heavy atom. The lowest BCUT2D eigenvalue weighted by Crippen LogP contribution is -2.45. The number of carbonyl (C=O) groups is 1. The second kappa shape index (κ2) is 11.9. The van der Waals surface area contributed by atoms with Gasteiger partial charge in [0.15, 0.2) is 6.29 Å². The molecule has 2 aliphatic rings. The van der Waals surface area contributed by atoms with Crippen molar-refractivity contribution in [3.63, 3.8) is 0 Å². The second-order valence-electron chi connectivity index (χ2n) is 9.69. The minimum absolute atomic E-state index is 0.0331. The Kier molecular flexibility index (Phi) is 8.73. The zero-order valence-corrected chi connectivity index (χ0v) is 20.4. The number of benzene rings is 2. The molecule has 4 atom stereocenters. The minimum Gasteiger partial charge on any atom is -0.392 e. The first-order valence-corrected chi connectivity index (χ1v) is 12.6. The van der Waals surface area contributed by atoms with Crippen LogP contribution in [0.1, 0.15) is 75.0 Å². The Morgan fingerprint density at radius 1 is 0.941 bits per heavy atom. The van der Waals surface area contributed by atoms with Gasteiger partial charge < -0.3 is 24.8 Å². The first-order valence-electron chi connectivity index (χ1n) is 12.6. The quantitative estimate of drug-likeness (QED) is 0.613. The van der Waals surface area contributed by atoms with Gasteiger partial charge in [0.1, 0.15) is 0 Å². The van der Waals surface area contributed by atoms with Crippen LogP contribution in [0.5, 0.6) is 0 Å². The zero-order valence-electron chi connectivity index (χ0n) is 20.4. The highest BCUT2D eigenvalue weighted by atomic mass is 16.7. The van der Waals surface area contributed by atoms with Crippen molar-refractivity contribution in [2.75, 3.05) is 25.0 Å². The van der Waals surface area contributed by atoms with E-state index in [-0.39, 0.29) is 30.6 Å². The molecule has 0 radical (unpaired) electrons. The summed E-state index contributed by atoms with van der Waals surface area (Å²) >= 11 is 0. The average molecular weight is 467 g/mol. The van der Waals surface area contributed by atoms with Crippen molar-refractivity contribution in [2.45, 2.75) is 71.1 Å². The number of carbonyl (C=O) groups excluding carboxylic acids is 1. The number of nitrogens with zero attached hydrogens (tertiary/aromatic N) is 1. The number of nitrogens with one attached hydrogen (secondary N) is 1. The van der Waals surface area contributed by atoms with Gasteiger partial charge in [-0.25, -0.2) is 0 Å². The molecule has 4 rings (SSSR count). The van der Waals surface area contributed by atoms with E-state index in [9.17, 15) is 9.90 Å². The largest absolute Gasteiger partial charge is 0.392 e. The fourth-order valence-corrected chi connectivity index (χ4v) is 5.00. The normalized spacial score (nSPS) is 26.4. The summed E-state index contributed by atoms with van der Waals surface area (Å²) in [5.41, 5.74) is 3.70. The van der Waals surface area contributed by atoms with Gasteiger partial charge in [-0.2, -0.15) is 0 Å². The van der Waals surface area contributed by atoms with Gasteiger partial charge in [-0.15, -0.1) is 0 Å². The van der Waals surface area contributed by atoms with Crippen LogP contribution < -0.4 is 5.32 Å². The van der Waals surface area contributed by atoms with Crippen LogP contribution in [-0.4, -0.2) is 41.7 Å². The van der Waals surface area contributed by atoms with Crippen molar-refractivity contribution >= 4 is 11.6 Å². The van der Waals surface area contributed by atoms with Crippen LogP contribution in [0.3, 0.4) is 0 Å². The van der Waals surface area contributed by atoms with E-state index >= 15 is 0 Å². The van der Waals surface area contributed by atoms with E-state index in [0.717, 1.165) is 42.0 Å². The Morgan fingerprint density at radius 3 is 2.18 bits per heavy atom. The fourth-order valence-electron chi connectivity index (χ4n) is 5.00. The van der Waals surface area contributed by atoms with E-state index < -0.39 is 6.29 Å². The van der Waals surface area contributed by atoms with Crippen molar-refractivity contribution < 1.29 is 19.4 Å². The van der Waals surface area contributed by atoms with Gasteiger partial charge in [0, 0.05) is 30.6 Å². The molecule has 184 valence electrons. The predicted octanol–water partition coefficient (Wildman–Crippen LogP) is 5.19. The lowest BCUT2D eigenvalue weighted by molar-refractivity contribution is -0.276. The Labute approximate surface area is 203 Å². The van der Waals surface area contributed by atoms with E-state index in [1.165, 1.54) is 39.0 Å². The number of anilines is 1. The van der Waals surface area contributed by atoms with E-state index in [1.54, 1.807) is 0 Å². The third kappa shape index (κ3) is 6.45. The molecule has 2 N–H and O–H groups in total. The maximum Gasteiger partial charge on any atom is 0.221 e. The maximum atomic E-state index is 11.4. The summed E-state index contributed by atoms with van der Waals surface area (Å²) in [7, 11) is 0. The first kappa shape index (κ1) is 24.9. The van der Waals surface area contributed by atoms with Gasteiger partial charge in [-0.1, -0.05) is 62.6 Å². The number of ether oxygens (including phenoxy) is 2. The molecule has 1 amide bonds. The van der Waals surface area contributed by atoms with Crippen molar-refractivity contribution in [1.82, 2.24) is 4.90 Å². The number of aliphatic hydroxyl groups excluding tert-OH is 1. The average Bonchev–Trinajstić information content (AvgIpc) is 2.82. The van der Waals surface area contributed by atoms with Crippen LogP contribution in [-0.2, 0) is 20.9 Å². The van der Waals surface area contributed by atoms with Gasteiger partial charge in [-0.05, 0) is 49.2 Å². The summed E-state index contributed by atoms with van der Waals surface area (Å²) in [5, 5.41) is 12.3. The third-order valence-electron chi connectivity index (χ3n) is 7.01. The number of hydrogen-bond acceptors (Lipinski definition) is 5. The molecule has 0 saturated carbocycles. The number of likely N-dealkylation sites (tertiary alicyclic amines) is 1. The molecular formula is C28H38N2O4. The molecular weight excluding hydrogens is 428 g/mol. The van der Waals surface area contributed by atoms with Crippen LogP contribution in [0.15, 0.2) is 48.5 Å². The van der Waals surface area contributed by atoms with Gasteiger partial charge in [0.2, 0.25) is 5.91 Å². The molecule has 0 aliphatic carbocycles. The molecule has 34 heavy (non-hydrogen) atoms. The van der Waals surface area contributed by atoms with Crippen LogP contribution in [0.4, 0.5) is 5.69 Å². The van der Waals surface area contributed by atoms with Crippen molar-refractivity contribution in [2.24, 2.45) is 5.92 Å². The SMILES string of the molecule is CC(=O)Nc1ccc([C@@H]2O[C@H](CN3CCCCCCC3)[C@H](C)[C@H](c3ccc(CO)cc3)O2)cc1. The molecule has 2 aliphatic heterocycles. The van der Waals surface area contributed by atoms with E-state index in [0.29, 0.717) is 0 Å². The van der Waals surface area contributed by atoms with Gasteiger partial charge in [-0.3, -0.25) is 4.79 Å². The van der Waals surface area contributed by atoms with Crippen molar-refractivity contribution in [1.29, 1.82) is 0 Å². The molecule has 0 bridgehead atoms. The number of amides is 1.